The van der Waals surface area contributed by atoms with E-state index in [9.17, 15) is 4.79 Å². The van der Waals surface area contributed by atoms with Crippen molar-refractivity contribution in [1.29, 1.82) is 0 Å². The number of carboxylic acid groups (broad SMARTS) is 1. The fourth-order valence-electron chi connectivity index (χ4n) is 1.90. The monoisotopic (exact) mass is 199 g/mol. The first-order valence-corrected chi connectivity index (χ1v) is 5.63. The second-order valence-corrected chi connectivity index (χ2v) is 4.19. The molecule has 0 heterocycles. The summed E-state index contributed by atoms with van der Waals surface area (Å²) in [5.41, 5.74) is 0. The molecule has 0 aromatic rings. The van der Waals surface area contributed by atoms with Crippen molar-refractivity contribution in [2.75, 3.05) is 13.1 Å². The number of carbonyl (C=O) groups is 1. The molecular weight excluding hydrogens is 178 g/mol. The molecule has 1 N–H and O–H groups in total. The van der Waals surface area contributed by atoms with E-state index in [4.69, 9.17) is 5.11 Å². The highest BCUT2D eigenvalue weighted by Crippen LogP contribution is 2.30. The summed E-state index contributed by atoms with van der Waals surface area (Å²) in [6.45, 7) is 6.26. The van der Waals surface area contributed by atoms with Crippen molar-refractivity contribution in [3.05, 3.63) is 0 Å². The highest BCUT2D eigenvalue weighted by Gasteiger charge is 2.27. The van der Waals surface area contributed by atoms with Crippen LogP contribution in [0.2, 0.25) is 0 Å². The van der Waals surface area contributed by atoms with Crippen LogP contribution in [0, 0.1) is 5.92 Å². The van der Waals surface area contributed by atoms with E-state index in [2.05, 4.69) is 18.7 Å². The van der Waals surface area contributed by atoms with Gasteiger partial charge in [0.05, 0.1) is 6.42 Å². The normalized spacial score (nSPS) is 18.5. The second kappa shape index (κ2) is 5.35. The fraction of sp³-hybridized carbons (Fsp3) is 0.909. The van der Waals surface area contributed by atoms with Crippen LogP contribution < -0.4 is 0 Å². The van der Waals surface area contributed by atoms with Crippen molar-refractivity contribution in [2.45, 2.75) is 45.6 Å². The number of hydrogen-bond acceptors (Lipinski definition) is 2. The largest absolute Gasteiger partial charge is 0.481 e. The lowest BCUT2D eigenvalue weighted by atomic mass is 10.1. The SMILES string of the molecule is CCC(CC(=O)O)N(CC)CC1CC1. The highest BCUT2D eigenvalue weighted by molar-refractivity contribution is 5.67. The smallest absolute Gasteiger partial charge is 0.304 e. The van der Waals surface area contributed by atoms with Crippen molar-refractivity contribution < 1.29 is 9.90 Å². The van der Waals surface area contributed by atoms with Gasteiger partial charge in [-0.25, -0.2) is 0 Å². The molecule has 0 bridgehead atoms. The third-order valence-corrected chi connectivity index (χ3v) is 2.99. The Labute approximate surface area is 86.1 Å². The maximum Gasteiger partial charge on any atom is 0.304 e. The van der Waals surface area contributed by atoms with Gasteiger partial charge in [-0.2, -0.15) is 0 Å². The molecule has 1 saturated carbocycles. The van der Waals surface area contributed by atoms with Crippen molar-refractivity contribution in [2.24, 2.45) is 5.92 Å². The average molecular weight is 199 g/mol. The molecule has 1 unspecified atom stereocenters. The molecule has 1 rings (SSSR count). The molecule has 1 aliphatic carbocycles. The summed E-state index contributed by atoms with van der Waals surface area (Å²) in [5.74, 6) is 0.170. The number of nitrogens with zero attached hydrogens (tertiary/aromatic N) is 1. The van der Waals surface area contributed by atoms with Crippen molar-refractivity contribution in [3.8, 4) is 0 Å². The first-order valence-electron chi connectivity index (χ1n) is 5.63. The molecule has 0 amide bonds. The quantitative estimate of drug-likeness (QED) is 0.681. The summed E-state index contributed by atoms with van der Waals surface area (Å²) in [6.07, 6.45) is 3.89. The van der Waals surface area contributed by atoms with E-state index in [1.54, 1.807) is 0 Å². The summed E-state index contributed by atoms with van der Waals surface area (Å²) >= 11 is 0. The Kier molecular flexibility index (Phi) is 4.39. The van der Waals surface area contributed by atoms with Gasteiger partial charge in [0.25, 0.3) is 0 Å². The number of aliphatic carboxylic acids is 1. The number of carboxylic acids is 1. The van der Waals surface area contributed by atoms with Crippen LogP contribution in [0.3, 0.4) is 0 Å². The molecule has 1 fully saturated rings. The third-order valence-electron chi connectivity index (χ3n) is 2.99. The van der Waals surface area contributed by atoms with Crippen LogP contribution in [0.5, 0.6) is 0 Å². The molecule has 0 aromatic carbocycles. The summed E-state index contributed by atoms with van der Waals surface area (Å²) in [7, 11) is 0. The average Bonchev–Trinajstić information content (AvgIpc) is 2.94. The molecule has 0 aliphatic heterocycles. The first kappa shape index (κ1) is 11.5. The molecule has 3 heteroatoms. The molecule has 1 atom stereocenters. The van der Waals surface area contributed by atoms with E-state index in [0.717, 1.165) is 25.4 Å². The predicted octanol–water partition coefficient (Wildman–Crippen LogP) is 1.97. The van der Waals surface area contributed by atoms with Gasteiger partial charge in [0.1, 0.15) is 0 Å². The maximum atomic E-state index is 10.7. The zero-order valence-corrected chi connectivity index (χ0v) is 9.20. The van der Waals surface area contributed by atoms with Crippen LogP contribution >= 0.6 is 0 Å². The molecule has 3 nitrogen and oxygen atoms in total. The van der Waals surface area contributed by atoms with E-state index in [-0.39, 0.29) is 12.5 Å². The Morgan fingerprint density at radius 2 is 2.14 bits per heavy atom. The van der Waals surface area contributed by atoms with Gasteiger partial charge in [-0.1, -0.05) is 13.8 Å². The van der Waals surface area contributed by atoms with Crippen LogP contribution in [-0.4, -0.2) is 35.1 Å². The van der Waals surface area contributed by atoms with E-state index < -0.39 is 5.97 Å². The molecule has 0 radical (unpaired) electrons. The minimum absolute atomic E-state index is 0.234. The Morgan fingerprint density at radius 3 is 2.50 bits per heavy atom. The van der Waals surface area contributed by atoms with Crippen LogP contribution in [0.4, 0.5) is 0 Å². The molecule has 82 valence electrons. The Hall–Kier alpha value is -0.570. The van der Waals surface area contributed by atoms with Gasteiger partial charge in [0, 0.05) is 12.6 Å². The van der Waals surface area contributed by atoms with Crippen LogP contribution in [-0.2, 0) is 4.79 Å². The maximum absolute atomic E-state index is 10.7. The van der Waals surface area contributed by atoms with Gasteiger partial charge in [0.15, 0.2) is 0 Å². The molecular formula is C11H21NO2. The van der Waals surface area contributed by atoms with Crippen molar-refractivity contribution in [3.63, 3.8) is 0 Å². The molecule has 0 aromatic heterocycles. The van der Waals surface area contributed by atoms with Gasteiger partial charge in [-0.15, -0.1) is 0 Å². The summed E-state index contributed by atoms with van der Waals surface area (Å²) in [6, 6.07) is 0.234. The lowest BCUT2D eigenvalue weighted by Crippen LogP contribution is -2.37. The van der Waals surface area contributed by atoms with E-state index >= 15 is 0 Å². The van der Waals surface area contributed by atoms with Crippen molar-refractivity contribution in [1.82, 2.24) is 4.90 Å². The molecule has 0 spiro atoms. The Balaban J connectivity index is 2.39. The zero-order valence-electron chi connectivity index (χ0n) is 9.20. The van der Waals surface area contributed by atoms with E-state index in [1.165, 1.54) is 12.8 Å². The van der Waals surface area contributed by atoms with Gasteiger partial charge >= 0.3 is 5.97 Å². The summed E-state index contributed by atoms with van der Waals surface area (Å²) in [4.78, 5) is 13.0. The van der Waals surface area contributed by atoms with Gasteiger partial charge in [0.2, 0.25) is 0 Å². The van der Waals surface area contributed by atoms with Gasteiger partial charge < -0.3 is 5.11 Å². The van der Waals surface area contributed by atoms with Crippen molar-refractivity contribution >= 4 is 5.97 Å². The lowest BCUT2D eigenvalue weighted by Gasteiger charge is -2.28. The second-order valence-electron chi connectivity index (χ2n) is 4.19. The van der Waals surface area contributed by atoms with Crippen LogP contribution in [0.25, 0.3) is 0 Å². The molecule has 0 saturated heterocycles. The predicted molar refractivity (Wildman–Crippen MR) is 56.3 cm³/mol. The number of hydrogen-bond donors (Lipinski definition) is 1. The van der Waals surface area contributed by atoms with E-state index in [1.807, 2.05) is 0 Å². The van der Waals surface area contributed by atoms with E-state index in [0.29, 0.717) is 0 Å². The van der Waals surface area contributed by atoms with Crippen LogP contribution in [0.15, 0.2) is 0 Å². The summed E-state index contributed by atoms with van der Waals surface area (Å²) < 4.78 is 0. The number of rotatable bonds is 7. The third kappa shape index (κ3) is 3.66. The van der Waals surface area contributed by atoms with Gasteiger partial charge in [-0.3, -0.25) is 9.69 Å². The first-order chi connectivity index (χ1) is 6.67. The zero-order chi connectivity index (χ0) is 10.6. The molecule has 14 heavy (non-hydrogen) atoms. The minimum Gasteiger partial charge on any atom is -0.481 e. The fourth-order valence-corrected chi connectivity index (χ4v) is 1.90. The highest BCUT2D eigenvalue weighted by atomic mass is 16.4. The minimum atomic E-state index is -0.675. The lowest BCUT2D eigenvalue weighted by molar-refractivity contribution is -0.138. The standard InChI is InChI=1S/C11H21NO2/c1-3-10(7-11(13)14)12(4-2)8-9-5-6-9/h9-10H,3-8H2,1-2H3,(H,13,14). The molecule has 1 aliphatic rings. The topological polar surface area (TPSA) is 40.5 Å². The van der Waals surface area contributed by atoms with Gasteiger partial charge in [-0.05, 0) is 31.7 Å². The van der Waals surface area contributed by atoms with Crippen LogP contribution in [0.1, 0.15) is 39.5 Å². The summed E-state index contributed by atoms with van der Waals surface area (Å²) in [5, 5.41) is 8.78. The Morgan fingerprint density at radius 1 is 1.50 bits per heavy atom. The Bertz CT molecular complexity index is 190.